The highest BCUT2D eigenvalue weighted by Gasteiger charge is 2.30. The van der Waals surface area contributed by atoms with Gasteiger partial charge < -0.3 is 5.32 Å². The van der Waals surface area contributed by atoms with Crippen molar-refractivity contribution in [3.63, 3.8) is 0 Å². The quantitative estimate of drug-likeness (QED) is 0.831. The molecule has 90 valence electrons. The topological polar surface area (TPSA) is 12.0 Å². The summed E-state index contributed by atoms with van der Waals surface area (Å²) in [4.78, 5) is 0. The molecule has 0 fully saturated rings. The predicted molar refractivity (Wildman–Crippen MR) is 58.2 cm³/mol. The van der Waals surface area contributed by atoms with E-state index < -0.39 is 11.7 Å². The van der Waals surface area contributed by atoms with E-state index in [1.54, 1.807) is 12.1 Å². The Morgan fingerprint density at radius 1 is 1.12 bits per heavy atom. The first-order chi connectivity index (χ1) is 7.49. The van der Waals surface area contributed by atoms with Crippen LogP contribution in [0.15, 0.2) is 24.3 Å². The molecule has 16 heavy (non-hydrogen) atoms. The van der Waals surface area contributed by atoms with Gasteiger partial charge in [0.15, 0.2) is 0 Å². The second-order valence-corrected chi connectivity index (χ2v) is 3.64. The molecule has 1 aromatic carbocycles. The number of halogens is 3. The lowest BCUT2D eigenvalue weighted by atomic mass is 10.0. The molecule has 1 N–H and O–H groups in total. The molecule has 0 aliphatic heterocycles. The highest BCUT2D eigenvalue weighted by molar-refractivity contribution is 5.26. The van der Waals surface area contributed by atoms with Crippen LogP contribution < -0.4 is 5.32 Å². The van der Waals surface area contributed by atoms with Gasteiger partial charge in [-0.25, -0.2) is 0 Å². The highest BCUT2D eigenvalue weighted by Crippen LogP contribution is 2.30. The number of alkyl halides is 3. The van der Waals surface area contributed by atoms with Gasteiger partial charge in [0.2, 0.25) is 0 Å². The molecule has 0 radical (unpaired) electrons. The Hall–Kier alpha value is -1.03. The second kappa shape index (κ2) is 5.34. The van der Waals surface area contributed by atoms with Crippen molar-refractivity contribution >= 4 is 0 Å². The van der Waals surface area contributed by atoms with E-state index in [1.165, 1.54) is 0 Å². The van der Waals surface area contributed by atoms with E-state index in [1.807, 2.05) is 13.8 Å². The van der Waals surface area contributed by atoms with Crippen LogP contribution in [0.2, 0.25) is 0 Å². The fraction of sp³-hybridized carbons (Fsp3) is 0.500. The third-order valence-electron chi connectivity index (χ3n) is 2.50. The number of nitrogens with one attached hydrogen (secondary N) is 1. The minimum Gasteiger partial charge on any atom is -0.310 e. The summed E-state index contributed by atoms with van der Waals surface area (Å²) in [6.45, 7) is 4.79. The summed E-state index contributed by atoms with van der Waals surface area (Å²) in [6.07, 6.45) is -3.39. The molecule has 0 aliphatic rings. The normalized spacial score (nSPS) is 13.8. The molecule has 4 heteroatoms. The standard InChI is InChI=1S/C12H16F3N/c1-3-11(16-4-2)9-5-7-10(8-6-9)12(13,14)15/h5-8,11,16H,3-4H2,1-2H3. The van der Waals surface area contributed by atoms with Gasteiger partial charge in [0.1, 0.15) is 0 Å². The third-order valence-corrected chi connectivity index (χ3v) is 2.50. The molecule has 1 nitrogen and oxygen atoms in total. The van der Waals surface area contributed by atoms with E-state index in [9.17, 15) is 13.2 Å². The molecule has 1 atom stereocenters. The van der Waals surface area contributed by atoms with Crippen molar-refractivity contribution < 1.29 is 13.2 Å². The zero-order chi connectivity index (χ0) is 12.2. The van der Waals surface area contributed by atoms with Gasteiger partial charge in [-0.2, -0.15) is 13.2 Å². The van der Waals surface area contributed by atoms with Gasteiger partial charge in [0.05, 0.1) is 5.56 Å². The van der Waals surface area contributed by atoms with Crippen molar-refractivity contribution in [2.45, 2.75) is 32.5 Å². The van der Waals surface area contributed by atoms with Crippen molar-refractivity contribution in [2.24, 2.45) is 0 Å². The minimum absolute atomic E-state index is 0.132. The van der Waals surface area contributed by atoms with Crippen LogP contribution in [-0.2, 0) is 6.18 Å². The predicted octanol–water partition coefficient (Wildman–Crippen LogP) is 3.77. The van der Waals surface area contributed by atoms with Crippen LogP contribution in [0.1, 0.15) is 37.4 Å². The van der Waals surface area contributed by atoms with Gasteiger partial charge in [-0.1, -0.05) is 26.0 Å². The average Bonchev–Trinajstić information content (AvgIpc) is 2.25. The Morgan fingerprint density at radius 2 is 1.69 bits per heavy atom. The van der Waals surface area contributed by atoms with E-state index in [-0.39, 0.29) is 6.04 Å². The molecule has 0 aliphatic carbocycles. The van der Waals surface area contributed by atoms with Gasteiger partial charge in [0.25, 0.3) is 0 Å². The molecule has 0 heterocycles. The molecule has 0 aromatic heterocycles. The first-order valence-electron chi connectivity index (χ1n) is 5.39. The van der Waals surface area contributed by atoms with Crippen LogP contribution in [0.25, 0.3) is 0 Å². The van der Waals surface area contributed by atoms with E-state index in [0.717, 1.165) is 30.7 Å². The van der Waals surface area contributed by atoms with Crippen LogP contribution in [0.5, 0.6) is 0 Å². The number of benzene rings is 1. The van der Waals surface area contributed by atoms with Crippen LogP contribution in [0, 0.1) is 0 Å². The molecular formula is C12H16F3N. The Kier molecular flexibility index (Phi) is 4.35. The molecule has 1 aromatic rings. The van der Waals surface area contributed by atoms with Crippen LogP contribution in [-0.4, -0.2) is 6.54 Å². The van der Waals surface area contributed by atoms with Crippen molar-refractivity contribution in [1.82, 2.24) is 5.32 Å². The van der Waals surface area contributed by atoms with Crippen LogP contribution in [0.4, 0.5) is 13.2 Å². The fourth-order valence-corrected chi connectivity index (χ4v) is 1.65. The molecule has 0 saturated heterocycles. The molecule has 1 rings (SSSR count). The molecule has 0 saturated carbocycles. The number of hydrogen-bond acceptors (Lipinski definition) is 1. The summed E-state index contributed by atoms with van der Waals surface area (Å²) in [5.41, 5.74) is 0.306. The van der Waals surface area contributed by atoms with E-state index in [4.69, 9.17) is 0 Å². The summed E-state index contributed by atoms with van der Waals surface area (Å²) in [5.74, 6) is 0. The van der Waals surface area contributed by atoms with Crippen molar-refractivity contribution in [3.8, 4) is 0 Å². The highest BCUT2D eigenvalue weighted by atomic mass is 19.4. The van der Waals surface area contributed by atoms with E-state index in [2.05, 4.69) is 5.32 Å². The van der Waals surface area contributed by atoms with E-state index >= 15 is 0 Å². The number of rotatable bonds is 4. The largest absolute Gasteiger partial charge is 0.416 e. The number of hydrogen-bond donors (Lipinski definition) is 1. The van der Waals surface area contributed by atoms with Crippen LogP contribution in [0.3, 0.4) is 0 Å². The average molecular weight is 231 g/mol. The Bertz CT molecular complexity index is 316. The summed E-state index contributed by atoms with van der Waals surface area (Å²) < 4.78 is 37.0. The molecular weight excluding hydrogens is 215 g/mol. The molecule has 0 bridgehead atoms. The monoisotopic (exact) mass is 231 g/mol. The van der Waals surface area contributed by atoms with Crippen molar-refractivity contribution in [2.75, 3.05) is 6.54 Å². The molecule has 0 spiro atoms. The zero-order valence-electron chi connectivity index (χ0n) is 9.43. The Balaban J connectivity index is 2.85. The summed E-state index contributed by atoms with van der Waals surface area (Å²) in [5, 5.41) is 3.23. The van der Waals surface area contributed by atoms with Crippen molar-refractivity contribution in [1.29, 1.82) is 0 Å². The summed E-state index contributed by atoms with van der Waals surface area (Å²) in [7, 11) is 0. The van der Waals surface area contributed by atoms with Gasteiger partial charge in [-0.3, -0.25) is 0 Å². The maximum Gasteiger partial charge on any atom is 0.416 e. The SMILES string of the molecule is CCNC(CC)c1ccc(C(F)(F)F)cc1. The third kappa shape index (κ3) is 3.23. The molecule has 1 unspecified atom stereocenters. The maximum atomic E-state index is 12.3. The van der Waals surface area contributed by atoms with Crippen molar-refractivity contribution in [3.05, 3.63) is 35.4 Å². The van der Waals surface area contributed by atoms with Gasteiger partial charge in [-0.05, 0) is 30.7 Å². The van der Waals surface area contributed by atoms with Gasteiger partial charge in [0, 0.05) is 6.04 Å². The lowest BCUT2D eigenvalue weighted by molar-refractivity contribution is -0.137. The van der Waals surface area contributed by atoms with E-state index in [0.29, 0.717) is 0 Å². The minimum atomic E-state index is -4.25. The Morgan fingerprint density at radius 3 is 2.06 bits per heavy atom. The van der Waals surface area contributed by atoms with Crippen LogP contribution >= 0.6 is 0 Å². The summed E-state index contributed by atoms with van der Waals surface area (Å²) >= 11 is 0. The fourth-order valence-electron chi connectivity index (χ4n) is 1.65. The lowest BCUT2D eigenvalue weighted by Crippen LogP contribution is -2.20. The summed E-state index contributed by atoms with van der Waals surface area (Å²) in [6, 6.07) is 5.48. The second-order valence-electron chi connectivity index (χ2n) is 3.64. The zero-order valence-corrected chi connectivity index (χ0v) is 9.43. The maximum absolute atomic E-state index is 12.3. The van der Waals surface area contributed by atoms with Gasteiger partial charge >= 0.3 is 6.18 Å². The first kappa shape index (κ1) is 13.0. The van der Waals surface area contributed by atoms with Gasteiger partial charge in [-0.15, -0.1) is 0 Å². The smallest absolute Gasteiger partial charge is 0.310 e. The first-order valence-corrected chi connectivity index (χ1v) is 5.39. The Labute approximate surface area is 93.7 Å². The molecule has 0 amide bonds. The lowest BCUT2D eigenvalue weighted by Gasteiger charge is -2.17.